The maximum atomic E-state index is 12.4. The first-order chi connectivity index (χ1) is 9.24. The van der Waals surface area contributed by atoms with E-state index in [1.807, 2.05) is 24.3 Å². The molecule has 2 atom stereocenters. The Balaban J connectivity index is 0.00000147. The molecule has 2 aliphatic rings. The zero-order valence-electron chi connectivity index (χ0n) is 11.2. The van der Waals surface area contributed by atoms with Crippen molar-refractivity contribution in [1.29, 1.82) is 0 Å². The van der Waals surface area contributed by atoms with Crippen LogP contribution in [-0.4, -0.2) is 42.6 Å². The van der Waals surface area contributed by atoms with Crippen LogP contribution in [0.3, 0.4) is 0 Å². The molecule has 1 aromatic rings. The normalized spacial score (nSPS) is 24.8. The quantitative estimate of drug-likeness (QED) is 0.846. The van der Waals surface area contributed by atoms with E-state index in [2.05, 4.69) is 0 Å². The highest BCUT2D eigenvalue weighted by Crippen LogP contribution is 2.31. The van der Waals surface area contributed by atoms with Crippen molar-refractivity contribution in [2.24, 2.45) is 5.73 Å². The number of nitrogens with two attached hydrogens (primary N) is 1. The van der Waals surface area contributed by atoms with Gasteiger partial charge in [0.15, 0.2) is 11.5 Å². The Morgan fingerprint density at radius 3 is 2.80 bits per heavy atom. The smallest absolute Gasteiger partial charge is 0.267 e. The average molecular weight is 299 g/mol. The number of hydrogen-bond acceptors (Lipinski definition) is 4. The molecule has 0 bridgehead atoms. The molecule has 1 amide bonds. The molecule has 20 heavy (non-hydrogen) atoms. The van der Waals surface area contributed by atoms with Gasteiger partial charge < -0.3 is 20.1 Å². The monoisotopic (exact) mass is 298 g/mol. The maximum Gasteiger partial charge on any atom is 0.267 e. The zero-order valence-corrected chi connectivity index (χ0v) is 12.0. The summed E-state index contributed by atoms with van der Waals surface area (Å²) in [5.41, 5.74) is 5.90. The number of likely N-dealkylation sites (tertiary alicyclic amines) is 1. The van der Waals surface area contributed by atoms with Crippen LogP contribution in [-0.2, 0) is 4.79 Å². The lowest BCUT2D eigenvalue weighted by molar-refractivity contribution is -0.142. The van der Waals surface area contributed by atoms with E-state index in [9.17, 15) is 4.79 Å². The number of benzene rings is 1. The number of nitrogens with zero attached hydrogens (tertiary/aromatic N) is 1. The van der Waals surface area contributed by atoms with E-state index in [0.29, 0.717) is 18.0 Å². The molecule has 1 saturated heterocycles. The molecular formula is C14H19ClN2O3. The lowest BCUT2D eigenvalue weighted by Crippen LogP contribution is -2.52. The van der Waals surface area contributed by atoms with E-state index >= 15 is 0 Å². The largest absolute Gasteiger partial charge is 0.485 e. The summed E-state index contributed by atoms with van der Waals surface area (Å²) in [6.45, 7) is 1.63. The second-order valence-corrected chi connectivity index (χ2v) is 5.05. The Bertz CT molecular complexity index is 483. The molecule has 0 aromatic heterocycles. The summed E-state index contributed by atoms with van der Waals surface area (Å²) in [7, 11) is 0. The lowest BCUT2D eigenvalue weighted by atomic mass is 10.1. The summed E-state index contributed by atoms with van der Waals surface area (Å²) in [6, 6.07) is 7.48. The number of para-hydroxylation sites is 2. The number of ether oxygens (including phenoxy) is 2. The third-order valence-electron chi connectivity index (χ3n) is 3.55. The van der Waals surface area contributed by atoms with Gasteiger partial charge in [-0.3, -0.25) is 4.79 Å². The maximum absolute atomic E-state index is 12.4. The van der Waals surface area contributed by atoms with Gasteiger partial charge in [-0.1, -0.05) is 12.1 Å². The molecule has 1 aromatic carbocycles. The van der Waals surface area contributed by atoms with Crippen LogP contribution in [0, 0.1) is 0 Å². The molecule has 110 valence electrons. The summed E-state index contributed by atoms with van der Waals surface area (Å²) < 4.78 is 11.3. The molecule has 1 fully saturated rings. The third kappa shape index (κ3) is 2.99. The topological polar surface area (TPSA) is 64.8 Å². The van der Waals surface area contributed by atoms with E-state index in [0.717, 1.165) is 19.4 Å². The number of fused-ring (bicyclic) bond motifs is 1. The highest BCUT2D eigenvalue weighted by Gasteiger charge is 2.32. The number of rotatable bonds is 1. The lowest BCUT2D eigenvalue weighted by Gasteiger charge is -2.34. The van der Waals surface area contributed by atoms with Crippen LogP contribution in [0.25, 0.3) is 0 Å². The fraction of sp³-hybridized carbons (Fsp3) is 0.500. The summed E-state index contributed by atoms with van der Waals surface area (Å²) in [5.74, 6) is 1.31. The van der Waals surface area contributed by atoms with Gasteiger partial charge in [0.25, 0.3) is 5.91 Å². The van der Waals surface area contributed by atoms with Crippen LogP contribution in [0.1, 0.15) is 12.8 Å². The standard InChI is InChI=1S/C14H18N2O3.ClH/c15-10-4-3-7-16(8-10)14(17)13-9-18-11-5-1-2-6-12(11)19-13;/h1-2,5-6,10,13H,3-4,7-9,15H2;1H. The minimum Gasteiger partial charge on any atom is -0.485 e. The zero-order chi connectivity index (χ0) is 13.2. The first-order valence-electron chi connectivity index (χ1n) is 6.67. The third-order valence-corrected chi connectivity index (χ3v) is 3.55. The SMILES string of the molecule is Cl.NC1CCCN(C(=O)C2COc3ccccc3O2)C1. The van der Waals surface area contributed by atoms with E-state index in [1.54, 1.807) is 4.90 Å². The van der Waals surface area contributed by atoms with Crippen molar-refractivity contribution in [2.75, 3.05) is 19.7 Å². The molecule has 3 rings (SSSR count). The molecule has 0 spiro atoms. The van der Waals surface area contributed by atoms with E-state index < -0.39 is 6.10 Å². The molecule has 2 unspecified atom stereocenters. The van der Waals surface area contributed by atoms with Crippen molar-refractivity contribution in [3.05, 3.63) is 24.3 Å². The average Bonchev–Trinajstić information content (AvgIpc) is 2.46. The van der Waals surface area contributed by atoms with Crippen LogP contribution in [0.5, 0.6) is 11.5 Å². The molecule has 5 nitrogen and oxygen atoms in total. The van der Waals surface area contributed by atoms with Gasteiger partial charge in [-0.25, -0.2) is 0 Å². The number of amides is 1. The van der Waals surface area contributed by atoms with Gasteiger partial charge in [-0.2, -0.15) is 0 Å². The first kappa shape index (κ1) is 14.9. The number of carbonyl (C=O) groups excluding carboxylic acids is 1. The second kappa shape index (κ2) is 6.33. The van der Waals surface area contributed by atoms with Crippen molar-refractivity contribution in [1.82, 2.24) is 4.90 Å². The number of piperidine rings is 1. The predicted molar refractivity (Wildman–Crippen MR) is 77.4 cm³/mol. The summed E-state index contributed by atoms with van der Waals surface area (Å²) >= 11 is 0. The van der Waals surface area contributed by atoms with E-state index in [1.165, 1.54) is 0 Å². The summed E-state index contributed by atoms with van der Waals surface area (Å²) in [4.78, 5) is 14.2. The Morgan fingerprint density at radius 2 is 2.05 bits per heavy atom. The minimum absolute atomic E-state index is 0. The fourth-order valence-electron chi connectivity index (χ4n) is 2.56. The highest BCUT2D eigenvalue weighted by molar-refractivity contribution is 5.85. The van der Waals surface area contributed by atoms with Gasteiger partial charge in [-0.05, 0) is 25.0 Å². The summed E-state index contributed by atoms with van der Waals surface area (Å²) in [5, 5.41) is 0. The van der Waals surface area contributed by atoms with Gasteiger partial charge in [-0.15, -0.1) is 12.4 Å². The van der Waals surface area contributed by atoms with Gasteiger partial charge >= 0.3 is 0 Å². The van der Waals surface area contributed by atoms with Crippen molar-refractivity contribution >= 4 is 18.3 Å². The molecule has 0 aliphatic carbocycles. The van der Waals surface area contributed by atoms with Crippen LogP contribution >= 0.6 is 12.4 Å². The van der Waals surface area contributed by atoms with Gasteiger partial charge in [0.05, 0.1) is 0 Å². The van der Waals surface area contributed by atoms with Gasteiger partial charge in [0.1, 0.15) is 6.61 Å². The van der Waals surface area contributed by atoms with Crippen LogP contribution in [0.4, 0.5) is 0 Å². The van der Waals surface area contributed by atoms with Crippen molar-refractivity contribution in [3.63, 3.8) is 0 Å². The Labute approximate surface area is 124 Å². The predicted octanol–water partition coefficient (Wildman–Crippen LogP) is 1.20. The fourth-order valence-corrected chi connectivity index (χ4v) is 2.56. The van der Waals surface area contributed by atoms with E-state index in [-0.39, 0.29) is 31.0 Å². The highest BCUT2D eigenvalue weighted by atomic mass is 35.5. The number of halogens is 1. The summed E-state index contributed by atoms with van der Waals surface area (Å²) in [6.07, 6.45) is 1.38. The molecule has 2 heterocycles. The first-order valence-corrected chi connectivity index (χ1v) is 6.67. The van der Waals surface area contributed by atoms with Gasteiger partial charge in [0.2, 0.25) is 6.10 Å². The molecule has 0 radical (unpaired) electrons. The molecular weight excluding hydrogens is 280 g/mol. The van der Waals surface area contributed by atoms with Crippen LogP contribution < -0.4 is 15.2 Å². The Morgan fingerprint density at radius 1 is 1.30 bits per heavy atom. The van der Waals surface area contributed by atoms with E-state index in [4.69, 9.17) is 15.2 Å². The van der Waals surface area contributed by atoms with Crippen molar-refractivity contribution in [2.45, 2.75) is 25.0 Å². The van der Waals surface area contributed by atoms with Crippen molar-refractivity contribution in [3.8, 4) is 11.5 Å². The second-order valence-electron chi connectivity index (χ2n) is 5.05. The molecule has 2 aliphatic heterocycles. The van der Waals surface area contributed by atoms with Crippen molar-refractivity contribution < 1.29 is 14.3 Å². The Kier molecular flexibility index (Phi) is 4.73. The number of hydrogen-bond donors (Lipinski definition) is 1. The molecule has 6 heteroatoms. The minimum atomic E-state index is -0.555. The van der Waals surface area contributed by atoms with Gasteiger partial charge in [0, 0.05) is 19.1 Å². The Hall–Kier alpha value is -1.46. The molecule has 2 N–H and O–H groups in total. The number of carbonyl (C=O) groups is 1. The van der Waals surface area contributed by atoms with Crippen LogP contribution in [0.2, 0.25) is 0 Å². The molecule has 0 saturated carbocycles. The van der Waals surface area contributed by atoms with Crippen LogP contribution in [0.15, 0.2) is 24.3 Å².